The topological polar surface area (TPSA) is 73.0 Å². The Morgan fingerprint density at radius 3 is 1.93 bits per heavy atom. The number of rotatable bonds is 1. The number of aryl methyl sites for hydroxylation is 1. The van der Waals surface area contributed by atoms with Crippen LogP contribution in [0.3, 0.4) is 0 Å². The highest BCUT2D eigenvalue weighted by Crippen LogP contribution is 2.20. The van der Waals surface area contributed by atoms with Crippen molar-refractivity contribution < 1.29 is 8.42 Å². The lowest BCUT2D eigenvalue weighted by Crippen LogP contribution is -2.17. The number of aromatic nitrogens is 1. The minimum Gasteiger partial charge on any atom is -0.240 e. The van der Waals surface area contributed by atoms with E-state index in [0.717, 1.165) is 11.1 Å². The predicted molar refractivity (Wildman–Crippen MR) is 54.6 cm³/mol. The van der Waals surface area contributed by atoms with Gasteiger partial charge in [-0.1, -0.05) is 0 Å². The first kappa shape index (κ1) is 11.1. The second-order valence-corrected chi connectivity index (χ2v) is 4.90. The molecule has 0 aliphatic heterocycles. The molecular weight excluding hydrogens is 200 g/mol. The monoisotopic (exact) mass is 214 g/mol. The Hall–Kier alpha value is -0.940. The molecule has 1 aromatic heterocycles. The summed E-state index contributed by atoms with van der Waals surface area (Å²) in [5.41, 5.74) is 3.28. The lowest BCUT2D eigenvalue weighted by Gasteiger charge is -2.11. The molecule has 78 valence electrons. The molecule has 0 saturated heterocycles. The predicted octanol–water partition coefficient (Wildman–Crippen LogP) is 0.963. The van der Waals surface area contributed by atoms with Crippen molar-refractivity contribution in [2.24, 2.45) is 5.14 Å². The Morgan fingerprint density at radius 2 is 1.50 bits per heavy atom. The highest BCUT2D eigenvalue weighted by molar-refractivity contribution is 7.89. The van der Waals surface area contributed by atoms with Crippen molar-refractivity contribution in [3.05, 3.63) is 22.4 Å². The molecule has 0 aromatic carbocycles. The van der Waals surface area contributed by atoms with Gasteiger partial charge < -0.3 is 0 Å². The Labute approximate surface area is 84.2 Å². The van der Waals surface area contributed by atoms with Gasteiger partial charge in [-0.25, -0.2) is 18.5 Å². The van der Waals surface area contributed by atoms with E-state index >= 15 is 0 Å². The summed E-state index contributed by atoms with van der Waals surface area (Å²) in [6.07, 6.45) is 0. The molecule has 0 amide bonds. The number of pyridine rings is 1. The Morgan fingerprint density at radius 1 is 1.00 bits per heavy atom. The first-order valence-electron chi connectivity index (χ1n) is 4.22. The Kier molecular flexibility index (Phi) is 2.65. The molecule has 0 unspecified atom stereocenters. The number of nitrogens with two attached hydrogens (primary N) is 1. The molecule has 1 rings (SSSR count). The molecule has 0 spiro atoms. The first-order valence-corrected chi connectivity index (χ1v) is 5.77. The van der Waals surface area contributed by atoms with E-state index in [1.165, 1.54) is 0 Å². The van der Waals surface area contributed by atoms with E-state index in [0.29, 0.717) is 11.3 Å². The van der Waals surface area contributed by atoms with Gasteiger partial charge in [-0.15, -0.1) is 0 Å². The van der Waals surface area contributed by atoms with Crippen LogP contribution in [0.15, 0.2) is 5.03 Å². The maximum absolute atomic E-state index is 11.2. The molecular formula is C9H14N2O2S. The SMILES string of the molecule is Cc1nc(S(N)(=O)=O)c(C)c(C)c1C. The van der Waals surface area contributed by atoms with Gasteiger partial charge in [0.1, 0.15) is 0 Å². The lowest BCUT2D eigenvalue weighted by molar-refractivity contribution is 0.592. The van der Waals surface area contributed by atoms with E-state index in [-0.39, 0.29) is 5.03 Å². The summed E-state index contributed by atoms with van der Waals surface area (Å²) in [6, 6.07) is 0. The van der Waals surface area contributed by atoms with Gasteiger partial charge in [-0.3, -0.25) is 0 Å². The van der Waals surface area contributed by atoms with Crippen LogP contribution < -0.4 is 5.14 Å². The molecule has 2 N–H and O–H groups in total. The van der Waals surface area contributed by atoms with Gasteiger partial charge in [0.25, 0.3) is 10.0 Å². The Bertz CT molecular complexity index is 478. The zero-order chi connectivity index (χ0) is 11.1. The maximum atomic E-state index is 11.2. The number of nitrogens with zero attached hydrogens (tertiary/aromatic N) is 1. The van der Waals surface area contributed by atoms with E-state index in [2.05, 4.69) is 4.98 Å². The summed E-state index contributed by atoms with van der Waals surface area (Å²) in [7, 11) is -3.71. The molecule has 1 aromatic rings. The van der Waals surface area contributed by atoms with Crippen LogP contribution in [0.5, 0.6) is 0 Å². The number of hydrogen-bond acceptors (Lipinski definition) is 3. The molecule has 5 heteroatoms. The number of primary sulfonamides is 1. The lowest BCUT2D eigenvalue weighted by atomic mass is 10.1. The molecule has 4 nitrogen and oxygen atoms in total. The van der Waals surface area contributed by atoms with Crippen LogP contribution in [0, 0.1) is 27.7 Å². The van der Waals surface area contributed by atoms with Crippen molar-refractivity contribution in [2.45, 2.75) is 32.7 Å². The summed E-state index contributed by atoms with van der Waals surface area (Å²) >= 11 is 0. The van der Waals surface area contributed by atoms with Crippen LogP contribution in [0.25, 0.3) is 0 Å². The molecule has 0 bridgehead atoms. The summed E-state index contributed by atoms with van der Waals surface area (Å²) in [6.45, 7) is 7.27. The maximum Gasteiger partial charge on any atom is 0.255 e. The molecule has 14 heavy (non-hydrogen) atoms. The zero-order valence-corrected chi connectivity index (χ0v) is 9.57. The minimum absolute atomic E-state index is 0.0156. The van der Waals surface area contributed by atoms with Gasteiger partial charge in [-0.2, -0.15) is 0 Å². The van der Waals surface area contributed by atoms with Crippen molar-refractivity contribution in [1.29, 1.82) is 0 Å². The van der Waals surface area contributed by atoms with Gasteiger partial charge in [-0.05, 0) is 44.4 Å². The summed E-state index contributed by atoms with van der Waals surface area (Å²) in [5, 5.41) is 5.04. The highest BCUT2D eigenvalue weighted by atomic mass is 32.2. The van der Waals surface area contributed by atoms with Gasteiger partial charge in [0.2, 0.25) is 0 Å². The molecule has 0 atom stereocenters. The molecule has 1 heterocycles. The normalized spacial score (nSPS) is 11.8. The van der Waals surface area contributed by atoms with Gasteiger partial charge in [0, 0.05) is 5.69 Å². The number of hydrogen-bond donors (Lipinski definition) is 1. The van der Waals surface area contributed by atoms with E-state index in [4.69, 9.17) is 5.14 Å². The largest absolute Gasteiger partial charge is 0.255 e. The van der Waals surface area contributed by atoms with Crippen molar-refractivity contribution in [1.82, 2.24) is 4.98 Å². The van der Waals surface area contributed by atoms with Crippen molar-refractivity contribution in [2.75, 3.05) is 0 Å². The standard InChI is InChI=1S/C9H14N2O2S/c1-5-6(2)8(4)11-9(7(5)3)14(10,12)13/h1-4H3,(H2,10,12,13). The first-order chi connectivity index (χ1) is 6.25. The van der Waals surface area contributed by atoms with Gasteiger partial charge in [0.15, 0.2) is 5.03 Å². The summed E-state index contributed by atoms with van der Waals surface area (Å²) < 4.78 is 22.4. The van der Waals surface area contributed by atoms with Crippen LogP contribution in [0.2, 0.25) is 0 Å². The third kappa shape index (κ3) is 1.78. The Balaban J connectivity index is 3.66. The molecule has 0 saturated carbocycles. The van der Waals surface area contributed by atoms with Gasteiger partial charge >= 0.3 is 0 Å². The van der Waals surface area contributed by atoms with E-state index in [9.17, 15) is 8.42 Å². The molecule has 0 fully saturated rings. The fourth-order valence-electron chi connectivity index (χ4n) is 1.31. The molecule has 0 aliphatic carbocycles. The van der Waals surface area contributed by atoms with Gasteiger partial charge in [0.05, 0.1) is 0 Å². The quantitative estimate of drug-likeness (QED) is 0.756. The summed E-state index contributed by atoms with van der Waals surface area (Å²) in [4.78, 5) is 3.99. The average molecular weight is 214 g/mol. The summed E-state index contributed by atoms with van der Waals surface area (Å²) in [5.74, 6) is 0. The van der Waals surface area contributed by atoms with Crippen molar-refractivity contribution >= 4 is 10.0 Å². The fraction of sp³-hybridized carbons (Fsp3) is 0.444. The second kappa shape index (κ2) is 3.33. The fourth-order valence-corrected chi connectivity index (χ4v) is 2.15. The third-order valence-electron chi connectivity index (χ3n) is 2.53. The highest BCUT2D eigenvalue weighted by Gasteiger charge is 2.17. The van der Waals surface area contributed by atoms with Crippen LogP contribution in [-0.4, -0.2) is 13.4 Å². The number of sulfonamides is 1. The smallest absolute Gasteiger partial charge is 0.240 e. The van der Waals surface area contributed by atoms with Crippen LogP contribution in [0.4, 0.5) is 0 Å². The molecule has 0 radical (unpaired) electrons. The third-order valence-corrected chi connectivity index (χ3v) is 3.46. The van der Waals surface area contributed by atoms with E-state index < -0.39 is 10.0 Å². The minimum atomic E-state index is -3.71. The van der Waals surface area contributed by atoms with Crippen molar-refractivity contribution in [3.8, 4) is 0 Å². The van der Waals surface area contributed by atoms with Crippen LogP contribution >= 0.6 is 0 Å². The zero-order valence-electron chi connectivity index (χ0n) is 8.75. The van der Waals surface area contributed by atoms with E-state index in [1.54, 1.807) is 13.8 Å². The second-order valence-electron chi connectivity index (χ2n) is 3.42. The van der Waals surface area contributed by atoms with Crippen molar-refractivity contribution in [3.63, 3.8) is 0 Å². The van der Waals surface area contributed by atoms with E-state index in [1.807, 2.05) is 13.8 Å². The van der Waals surface area contributed by atoms with Crippen LogP contribution in [0.1, 0.15) is 22.4 Å². The molecule has 0 aliphatic rings. The van der Waals surface area contributed by atoms with Crippen LogP contribution in [-0.2, 0) is 10.0 Å². The average Bonchev–Trinajstić information content (AvgIpc) is 2.06.